The first-order chi connectivity index (χ1) is 37.6. The molecule has 0 amide bonds. The average Bonchev–Trinajstić information content (AvgIpc) is 4.36. The van der Waals surface area contributed by atoms with Gasteiger partial charge in [-0.1, -0.05) is 211 Å². The minimum atomic E-state index is -0.802. The number of anilines is 6. The molecule has 0 aliphatic heterocycles. The molecule has 0 radical (unpaired) electrons. The third-order valence-corrected chi connectivity index (χ3v) is 17.4. The summed E-state index contributed by atoms with van der Waals surface area (Å²) >= 11 is 0. The summed E-state index contributed by atoms with van der Waals surface area (Å²) in [4.78, 5) is 4.91. The highest BCUT2D eigenvalue weighted by Crippen LogP contribution is 2.63. The molecule has 360 valence electrons. The second kappa shape index (κ2) is 17.3. The number of fused-ring (bicyclic) bond motifs is 13. The van der Waals surface area contributed by atoms with E-state index in [-0.39, 0.29) is 0 Å². The molecule has 12 aromatic carbocycles. The van der Waals surface area contributed by atoms with Crippen LogP contribution in [-0.4, -0.2) is 9.52 Å². The van der Waals surface area contributed by atoms with Crippen LogP contribution < -0.4 is 15.0 Å². The quantitative estimate of drug-likeness (QED) is 0.135. The summed E-state index contributed by atoms with van der Waals surface area (Å²) in [7, 11) is -0.396. The summed E-state index contributed by atoms with van der Waals surface area (Å²) in [5.41, 5.74) is 17.3. The van der Waals surface area contributed by atoms with Gasteiger partial charge in [0.1, 0.15) is 11.2 Å². The van der Waals surface area contributed by atoms with Gasteiger partial charge in [0.15, 0.2) is 11.2 Å². The zero-order chi connectivity index (χ0) is 50.5. The van der Waals surface area contributed by atoms with Gasteiger partial charge in [-0.2, -0.15) is 0 Å². The standard InChI is InChI=1S/C71H50N2O2Si/c1-45-35-37-48(38-36-45)72(61-31-17-29-57-53-25-13-15-33-65(53)74-69(57)61)63-43-59-67(55-27-11-9-23-51(55)63)68-56-28-12-10-24-52(56)64(44-60(68)71(59,46-19-5-3-6-20-46)47-21-7-4-8-22-47)73(49-39-41-50(76-2)42-40-49)62-32-18-30-58-54-26-14-16-34-66(54)75-70(58)62/h3-44H,76H2,1-2H3. The molecule has 0 fully saturated rings. The van der Waals surface area contributed by atoms with Crippen molar-refractivity contribution in [2.24, 2.45) is 0 Å². The monoisotopic (exact) mass is 990 g/mol. The van der Waals surface area contributed by atoms with E-state index in [4.69, 9.17) is 8.83 Å². The van der Waals surface area contributed by atoms with Gasteiger partial charge in [-0.05, 0) is 112 Å². The molecule has 2 heterocycles. The summed E-state index contributed by atoms with van der Waals surface area (Å²) in [6.45, 7) is 4.51. The van der Waals surface area contributed by atoms with E-state index < -0.39 is 14.9 Å². The van der Waals surface area contributed by atoms with Crippen molar-refractivity contribution in [3.8, 4) is 11.1 Å². The lowest BCUT2D eigenvalue weighted by atomic mass is 9.67. The van der Waals surface area contributed by atoms with Crippen molar-refractivity contribution in [1.29, 1.82) is 0 Å². The average molecular weight is 991 g/mol. The number of rotatable bonds is 9. The molecule has 0 unspecified atom stereocenters. The van der Waals surface area contributed by atoms with Gasteiger partial charge in [-0.3, -0.25) is 0 Å². The minimum absolute atomic E-state index is 0.396. The molecule has 15 rings (SSSR count). The van der Waals surface area contributed by atoms with Gasteiger partial charge in [0.05, 0.1) is 37.7 Å². The maximum absolute atomic E-state index is 6.95. The van der Waals surface area contributed by atoms with E-state index in [0.29, 0.717) is 0 Å². The Morgan fingerprint density at radius 1 is 0.342 bits per heavy atom. The second-order valence-electron chi connectivity index (χ2n) is 20.2. The lowest BCUT2D eigenvalue weighted by Crippen LogP contribution is -2.29. The van der Waals surface area contributed by atoms with Gasteiger partial charge < -0.3 is 18.6 Å². The van der Waals surface area contributed by atoms with Crippen LogP contribution in [0.1, 0.15) is 27.8 Å². The fourth-order valence-corrected chi connectivity index (χ4v) is 13.4. The summed E-state index contributed by atoms with van der Waals surface area (Å²) < 4.78 is 13.9. The molecule has 1 aliphatic rings. The van der Waals surface area contributed by atoms with E-state index in [0.717, 1.165) is 88.8 Å². The molecule has 0 N–H and O–H groups in total. The molecule has 76 heavy (non-hydrogen) atoms. The van der Waals surface area contributed by atoms with Crippen molar-refractivity contribution in [2.45, 2.75) is 18.9 Å². The van der Waals surface area contributed by atoms with Gasteiger partial charge >= 0.3 is 0 Å². The summed E-state index contributed by atoms with van der Waals surface area (Å²) in [6.07, 6.45) is 0. The smallest absolute Gasteiger partial charge is 0.159 e. The number of hydrogen-bond donors (Lipinski definition) is 0. The van der Waals surface area contributed by atoms with Crippen LogP contribution in [0.25, 0.3) is 76.5 Å². The van der Waals surface area contributed by atoms with Crippen molar-refractivity contribution in [1.82, 2.24) is 0 Å². The van der Waals surface area contributed by atoms with Gasteiger partial charge in [0, 0.05) is 43.7 Å². The Morgan fingerprint density at radius 3 is 1.17 bits per heavy atom. The molecule has 5 heteroatoms. The Morgan fingerprint density at radius 2 is 0.724 bits per heavy atom. The Bertz CT molecular complexity index is 4540. The van der Waals surface area contributed by atoms with E-state index in [2.05, 4.69) is 278 Å². The number of nitrogens with zero attached hydrogens (tertiary/aromatic N) is 2. The lowest BCUT2D eigenvalue weighted by molar-refractivity contribution is 0.669. The third-order valence-electron chi connectivity index (χ3n) is 16.1. The first-order valence-corrected chi connectivity index (χ1v) is 28.5. The van der Waals surface area contributed by atoms with Gasteiger partial charge in [0.2, 0.25) is 0 Å². The molecule has 0 spiro atoms. The first kappa shape index (κ1) is 44.1. The minimum Gasteiger partial charge on any atom is -0.454 e. The Labute approximate surface area is 443 Å². The molecule has 0 saturated carbocycles. The Hall–Kier alpha value is -9.42. The molecular formula is C71H50N2O2Si. The van der Waals surface area contributed by atoms with Crippen LogP contribution in [-0.2, 0) is 5.41 Å². The lowest BCUT2D eigenvalue weighted by Gasteiger charge is -2.36. The highest BCUT2D eigenvalue weighted by molar-refractivity contribution is 6.51. The highest BCUT2D eigenvalue weighted by atomic mass is 28.2. The Kier molecular flexibility index (Phi) is 10.1. The number of hydrogen-bond acceptors (Lipinski definition) is 4. The van der Waals surface area contributed by atoms with E-state index in [1.165, 1.54) is 54.9 Å². The van der Waals surface area contributed by atoms with Crippen LogP contribution in [0.15, 0.2) is 264 Å². The second-order valence-corrected chi connectivity index (χ2v) is 21.8. The number of benzene rings is 12. The maximum atomic E-state index is 6.95. The molecule has 1 aliphatic carbocycles. The normalized spacial score (nSPS) is 12.9. The molecule has 4 nitrogen and oxygen atoms in total. The zero-order valence-electron chi connectivity index (χ0n) is 42.2. The van der Waals surface area contributed by atoms with Crippen LogP contribution in [0.5, 0.6) is 0 Å². The van der Waals surface area contributed by atoms with Crippen molar-refractivity contribution >= 4 is 114 Å². The molecule has 2 aromatic heterocycles. The fourth-order valence-electron chi connectivity index (χ4n) is 12.7. The number of aryl methyl sites for hydroxylation is 1. The zero-order valence-corrected chi connectivity index (χ0v) is 43.6. The molecule has 14 aromatic rings. The SMILES string of the molecule is C[SiH2]c1ccc(N(c2cc3c(c4ccccc24)-c2c(cc(N(c4ccc(C)cc4)c4cccc5c4oc4ccccc45)c4ccccc24)C3(c2ccccc2)c2ccccc2)c2cccc3c2oc2ccccc23)cc1. The number of furan rings is 2. The molecule has 0 atom stereocenters. The summed E-state index contributed by atoms with van der Waals surface area (Å²) in [6, 6.07) is 93.8. The third kappa shape index (κ3) is 6.49. The summed E-state index contributed by atoms with van der Waals surface area (Å²) in [5.74, 6) is 0. The Balaban J connectivity index is 1.10. The highest BCUT2D eigenvalue weighted by Gasteiger charge is 2.49. The summed E-state index contributed by atoms with van der Waals surface area (Å²) in [5, 5.41) is 10.5. The fraction of sp³-hybridized carbons (Fsp3) is 0.0423. The van der Waals surface area contributed by atoms with E-state index in [9.17, 15) is 0 Å². The predicted molar refractivity (Wildman–Crippen MR) is 321 cm³/mol. The van der Waals surface area contributed by atoms with Crippen molar-refractivity contribution < 1.29 is 8.83 Å². The van der Waals surface area contributed by atoms with Crippen LogP contribution in [0, 0.1) is 6.92 Å². The van der Waals surface area contributed by atoms with Crippen LogP contribution in [0.4, 0.5) is 34.1 Å². The number of para-hydroxylation sites is 4. The van der Waals surface area contributed by atoms with E-state index in [1.54, 1.807) is 0 Å². The molecule has 0 saturated heterocycles. The van der Waals surface area contributed by atoms with Crippen LogP contribution in [0.2, 0.25) is 6.55 Å². The topological polar surface area (TPSA) is 32.8 Å². The van der Waals surface area contributed by atoms with E-state index >= 15 is 0 Å². The molecular weight excluding hydrogens is 941 g/mol. The van der Waals surface area contributed by atoms with E-state index in [1.807, 2.05) is 0 Å². The van der Waals surface area contributed by atoms with Gasteiger partial charge in [-0.25, -0.2) is 0 Å². The largest absolute Gasteiger partial charge is 0.454 e. The first-order valence-electron chi connectivity index (χ1n) is 26.4. The van der Waals surface area contributed by atoms with Crippen LogP contribution >= 0.6 is 0 Å². The predicted octanol–water partition coefficient (Wildman–Crippen LogP) is 18.2. The van der Waals surface area contributed by atoms with Crippen molar-refractivity contribution in [3.05, 3.63) is 283 Å². The maximum Gasteiger partial charge on any atom is 0.159 e. The van der Waals surface area contributed by atoms with Crippen LogP contribution in [0.3, 0.4) is 0 Å². The van der Waals surface area contributed by atoms with Crippen molar-refractivity contribution in [2.75, 3.05) is 9.80 Å². The molecule has 0 bridgehead atoms. The van der Waals surface area contributed by atoms with Gasteiger partial charge in [0.25, 0.3) is 0 Å². The van der Waals surface area contributed by atoms with Crippen molar-refractivity contribution in [3.63, 3.8) is 0 Å². The van der Waals surface area contributed by atoms with Gasteiger partial charge in [-0.15, -0.1) is 0 Å².